The minimum absolute atomic E-state index is 0.0413. The molecule has 1 N–H and O–H groups in total. The summed E-state index contributed by atoms with van der Waals surface area (Å²) in [5, 5.41) is 4.73. The van der Waals surface area contributed by atoms with Gasteiger partial charge in [0.2, 0.25) is 10.0 Å². The third-order valence-corrected chi connectivity index (χ3v) is 5.43. The molecule has 0 aliphatic heterocycles. The van der Waals surface area contributed by atoms with Crippen LogP contribution in [-0.2, 0) is 17.1 Å². The summed E-state index contributed by atoms with van der Waals surface area (Å²) in [6.45, 7) is 0. The van der Waals surface area contributed by atoms with Crippen molar-refractivity contribution in [2.24, 2.45) is 13.0 Å². The Morgan fingerprint density at radius 2 is 2.35 bits per heavy atom. The number of hydrogen-bond donors (Lipinski definition) is 1. The zero-order valence-corrected chi connectivity index (χ0v) is 12.0. The Morgan fingerprint density at radius 1 is 1.59 bits per heavy atom. The maximum absolute atomic E-state index is 12.1. The molecule has 1 heterocycles. The van der Waals surface area contributed by atoms with E-state index in [1.165, 1.54) is 17.1 Å². The van der Waals surface area contributed by atoms with Crippen LogP contribution >= 0.6 is 15.9 Å². The fourth-order valence-electron chi connectivity index (χ4n) is 2.18. The molecule has 2 rings (SSSR count). The number of aromatic nitrogens is 2. The average molecular weight is 322 g/mol. The van der Waals surface area contributed by atoms with Gasteiger partial charge in [-0.15, -0.1) is 0 Å². The van der Waals surface area contributed by atoms with Crippen LogP contribution in [0.3, 0.4) is 0 Å². The Hall–Kier alpha value is -0.400. The third-order valence-electron chi connectivity index (χ3n) is 3.16. The van der Waals surface area contributed by atoms with Crippen LogP contribution in [0.1, 0.15) is 19.3 Å². The molecule has 96 valence electrons. The molecule has 0 radical (unpaired) electrons. The van der Waals surface area contributed by atoms with Gasteiger partial charge in [0, 0.05) is 24.6 Å². The molecule has 7 heteroatoms. The fraction of sp³-hybridized carbons (Fsp3) is 0.700. The topological polar surface area (TPSA) is 64.0 Å². The van der Waals surface area contributed by atoms with Gasteiger partial charge in [-0.25, -0.2) is 13.1 Å². The summed E-state index contributed by atoms with van der Waals surface area (Å²) in [5.74, 6) is 0.390. The first-order valence-electron chi connectivity index (χ1n) is 5.60. The Morgan fingerprint density at radius 3 is 2.94 bits per heavy atom. The van der Waals surface area contributed by atoms with E-state index in [1.807, 2.05) is 0 Å². The number of aryl methyl sites for hydroxylation is 1. The second-order valence-corrected chi connectivity index (χ2v) is 6.78. The SMILES string of the molecule is Cn1cc(S(=O)(=O)NC2CCCC2CBr)cn1. The maximum atomic E-state index is 12.1. The molecule has 1 fully saturated rings. The first-order chi connectivity index (χ1) is 8.03. The van der Waals surface area contributed by atoms with Crippen molar-refractivity contribution in [1.29, 1.82) is 0 Å². The van der Waals surface area contributed by atoms with E-state index in [0.717, 1.165) is 24.6 Å². The first kappa shape index (κ1) is 13.0. The first-order valence-corrected chi connectivity index (χ1v) is 8.20. The zero-order chi connectivity index (χ0) is 12.5. The van der Waals surface area contributed by atoms with Crippen molar-refractivity contribution in [3.63, 3.8) is 0 Å². The van der Waals surface area contributed by atoms with E-state index < -0.39 is 10.0 Å². The van der Waals surface area contributed by atoms with Crippen molar-refractivity contribution >= 4 is 26.0 Å². The van der Waals surface area contributed by atoms with Crippen molar-refractivity contribution in [3.8, 4) is 0 Å². The predicted octanol–water partition coefficient (Wildman–Crippen LogP) is 1.26. The third kappa shape index (κ3) is 2.89. The molecule has 2 atom stereocenters. The molecular weight excluding hydrogens is 306 g/mol. The largest absolute Gasteiger partial charge is 0.274 e. The monoisotopic (exact) mass is 321 g/mol. The van der Waals surface area contributed by atoms with Crippen LogP contribution in [-0.4, -0.2) is 29.6 Å². The lowest BCUT2D eigenvalue weighted by Gasteiger charge is -2.18. The number of alkyl halides is 1. The molecule has 1 aliphatic rings. The Kier molecular flexibility index (Phi) is 3.89. The van der Waals surface area contributed by atoms with Crippen molar-refractivity contribution in [1.82, 2.24) is 14.5 Å². The van der Waals surface area contributed by atoms with E-state index in [9.17, 15) is 8.42 Å². The van der Waals surface area contributed by atoms with Crippen LogP contribution in [0.25, 0.3) is 0 Å². The molecule has 0 spiro atoms. The molecule has 1 saturated carbocycles. The van der Waals surface area contributed by atoms with E-state index in [2.05, 4.69) is 25.8 Å². The quantitative estimate of drug-likeness (QED) is 0.849. The zero-order valence-electron chi connectivity index (χ0n) is 9.63. The van der Waals surface area contributed by atoms with Gasteiger partial charge >= 0.3 is 0 Å². The lowest BCUT2D eigenvalue weighted by atomic mass is 10.1. The second-order valence-electron chi connectivity index (χ2n) is 4.42. The number of nitrogens with zero attached hydrogens (tertiary/aromatic N) is 2. The van der Waals surface area contributed by atoms with Gasteiger partial charge in [-0.3, -0.25) is 4.68 Å². The number of nitrogens with one attached hydrogen (secondary N) is 1. The molecule has 1 aromatic rings. The van der Waals surface area contributed by atoms with Gasteiger partial charge in [0.1, 0.15) is 4.90 Å². The van der Waals surface area contributed by atoms with Crippen LogP contribution in [0.15, 0.2) is 17.3 Å². The van der Waals surface area contributed by atoms with Gasteiger partial charge in [-0.05, 0) is 18.8 Å². The van der Waals surface area contributed by atoms with Gasteiger partial charge in [-0.1, -0.05) is 22.4 Å². The van der Waals surface area contributed by atoms with Gasteiger partial charge in [0.05, 0.1) is 6.20 Å². The summed E-state index contributed by atoms with van der Waals surface area (Å²) in [7, 11) is -1.72. The Bertz CT molecular complexity index is 485. The minimum atomic E-state index is -3.42. The van der Waals surface area contributed by atoms with E-state index in [-0.39, 0.29) is 10.9 Å². The molecule has 2 unspecified atom stereocenters. The summed E-state index contributed by atoms with van der Waals surface area (Å²) in [6.07, 6.45) is 5.96. The van der Waals surface area contributed by atoms with Crippen LogP contribution in [0, 0.1) is 5.92 Å². The van der Waals surface area contributed by atoms with Crippen molar-refractivity contribution in [2.45, 2.75) is 30.2 Å². The summed E-state index contributed by atoms with van der Waals surface area (Å²) < 4.78 is 28.4. The molecule has 0 saturated heterocycles. The normalized spacial score (nSPS) is 25.3. The predicted molar refractivity (Wildman–Crippen MR) is 68.5 cm³/mol. The maximum Gasteiger partial charge on any atom is 0.243 e. The van der Waals surface area contributed by atoms with E-state index in [1.54, 1.807) is 7.05 Å². The molecule has 1 aromatic heterocycles. The minimum Gasteiger partial charge on any atom is -0.274 e. The molecule has 1 aliphatic carbocycles. The summed E-state index contributed by atoms with van der Waals surface area (Å²) in [6, 6.07) is 0.0413. The molecular formula is C10H16BrN3O2S. The van der Waals surface area contributed by atoms with Gasteiger partial charge in [-0.2, -0.15) is 5.10 Å². The van der Waals surface area contributed by atoms with E-state index >= 15 is 0 Å². The van der Waals surface area contributed by atoms with Crippen LogP contribution in [0.4, 0.5) is 0 Å². The lowest BCUT2D eigenvalue weighted by molar-refractivity contribution is 0.484. The Labute approximate surface area is 110 Å². The lowest BCUT2D eigenvalue weighted by Crippen LogP contribution is -2.37. The smallest absolute Gasteiger partial charge is 0.243 e. The number of rotatable bonds is 4. The average Bonchev–Trinajstić information content (AvgIpc) is 2.86. The van der Waals surface area contributed by atoms with Crippen molar-refractivity contribution in [2.75, 3.05) is 5.33 Å². The standard InChI is InChI=1S/C10H16BrN3O2S/c1-14-7-9(6-12-14)17(15,16)13-10-4-2-3-8(10)5-11/h6-8,10,13H,2-5H2,1H3. The number of hydrogen-bond acceptors (Lipinski definition) is 3. The Balaban J connectivity index is 2.12. The highest BCUT2D eigenvalue weighted by Crippen LogP contribution is 2.28. The van der Waals surface area contributed by atoms with E-state index in [4.69, 9.17) is 0 Å². The highest BCUT2D eigenvalue weighted by Gasteiger charge is 2.30. The second kappa shape index (κ2) is 5.07. The van der Waals surface area contributed by atoms with Crippen molar-refractivity contribution in [3.05, 3.63) is 12.4 Å². The van der Waals surface area contributed by atoms with Crippen molar-refractivity contribution < 1.29 is 8.42 Å². The molecule has 5 nitrogen and oxygen atoms in total. The molecule has 0 aromatic carbocycles. The molecule has 0 bridgehead atoms. The molecule has 0 amide bonds. The highest BCUT2D eigenvalue weighted by atomic mass is 79.9. The molecule has 17 heavy (non-hydrogen) atoms. The van der Waals surface area contributed by atoms with Crippen LogP contribution in [0.5, 0.6) is 0 Å². The highest BCUT2D eigenvalue weighted by molar-refractivity contribution is 9.09. The van der Waals surface area contributed by atoms with Gasteiger partial charge < -0.3 is 0 Å². The van der Waals surface area contributed by atoms with E-state index in [0.29, 0.717) is 5.92 Å². The number of sulfonamides is 1. The summed E-state index contributed by atoms with van der Waals surface area (Å²) in [5.41, 5.74) is 0. The van der Waals surface area contributed by atoms with Gasteiger partial charge in [0.25, 0.3) is 0 Å². The van der Waals surface area contributed by atoms with Gasteiger partial charge in [0.15, 0.2) is 0 Å². The fourth-order valence-corrected chi connectivity index (χ4v) is 4.28. The van der Waals surface area contributed by atoms with Crippen LogP contribution < -0.4 is 4.72 Å². The number of halogens is 1. The van der Waals surface area contributed by atoms with Crippen LogP contribution in [0.2, 0.25) is 0 Å². The summed E-state index contributed by atoms with van der Waals surface area (Å²) in [4.78, 5) is 0.236. The summed E-state index contributed by atoms with van der Waals surface area (Å²) >= 11 is 3.43.